The van der Waals surface area contributed by atoms with Gasteiger partial charge in [-0.05, 0) is 31.2 Å². The van der Waals surface area contributed by atoms with Crippen LogP contribution >= 0.6 is 0 Å². The number of carbonyl (C=O) groups excluding carboxylic acids is 1. The molecule has 90 valence electrons. The molecule has 0 aliphatic heterocycles. The van der Waals surface area contributed by atoms with Crippen LogP contribution in [0.5, 0.6) is 0 Å². The molecule has 0 bridgehead atoms. The Labute approximate surface area is 99.4 Å². The van der Waals surface area contributed by atoms with Gasteiger partial charge in [-0.25, -0.2) is 4.79 Å². The van der Waals surface area contributed by atoms with Gasteiger partial charge in [0.2, 0.25) is 0 Å². The number of carbonyl (C=O) groups is 1. The number of nitrogens with zero attached hydrogens (tertiary/aromatic N) is 1. The van der Waals surface area contributed by atoms with Crippen LogP contribution in [0.4, 0.5) is 0 Å². The van der Waals surface area contributed by atoms with Gasteiger partial charge in [-0.1, -0.05) is 0 Å². The predicted molar refractivity (Wildman–Crippen MR) is 65.0 cm³/mol. The van der Waals surface area contributed by atoms with E-state index >= 15 is 0 Å². The number of fused-ring (bicyclic) bond motifs is 1. The number of ether oxygens (including phenoxy) is 1. The van der Waals surface area contributed by atoms with Crippen molar-refractivity contribution in [3.8, 4) is 0 Å². The van der Waals surface area contributed by atoms with Crippen LogP contribution in [-0.2, 0) is 11.3 Å². The lowest BCUT2D eigenvalue weighted by Crippen LogP contribution is -2.04. The van der Waals surface area contributed by atoms with Crippen LogP contribution in [0.2, 0.25) is 0 Å². The molecule has 1 N–H and O–H groups in total. The second kappa shape index (κ2) is 5.01. The summed E-state index contributed by atoms with van der Waals surface area (Å²) in [6, 6.07) is 7.35. The molecule has 0 atom stereocenters. The highest BCUT2D eigenvalue weighted by Gasteiger charge is 2.08. The average molecular weight is 233 g/mol. The molecule has 0 amide bonds. The predicted octanol–water partition coefficient (Wildman–Crippen LogP) is 1.81. The Morgan fingerprint density at radius 1 is 1.41 bits per heavy atom. The summed E-state index contributed by atoms with van der Waals surface area (Å²) in [5.74, 6) is -0.302. The van der Waals surface area contributed by atoms with Crippen molar-refractivity contribution in [2.45, 2.75) is 13.5 Å². The summed E-state index contributed by atoms with van der Waals surface area (Å²) in [6.45, 7) is 2.82. The lowest BCUT2D eigenvalue weighted by molar-refractivity contribution is 0.0526. The van der Waals surface area contributed by atoms with Crippen LogP contribution in [0.25, 0.3) is 10.9 Å². The molecule has 0 spiro atoms. The highest BCUT2D eigenvalue weighted by molar-refractivity contribution is 5.94. The molecular weight excluding hydrogens is 218 g/mol. The Kier molecular flexibility index (Phi) is 3.44. The van der Waals surface area contributed by atoms with Crippen molar-refractivity contribution in [3.05, 3.63) is 36.0 Å². The largest absolute Gasteiger partial charge is 0.462 e. The van der Waals surface area contributed by atoms with Gasteiger partial charge in [-0.15, -0.1) is 0 Å². The SMILES string of the molecule is CCOC(=O)c1ccc2c(ccn2CCO)c1. The number of aliphatic hydroxyl groups excluding tert-OH is 1. The first-order chi connectivity index (χ1) is 8.26. The highest BCUT2D eigenvalue weighted by atomic mass is 16.5. The second-order valence-electron chi connectivity index (χ2n) is 3.73. The van der Waals surface area contributed by atoms with E-state index in [1.165, 1.54) is 0 Å². The van der Waals surface area contributed by atoms with Crippen LogP contribution in [0.3, 0.4) is 0 Å². The van der Waals surface area contributed by atoms with Gasteiger partial charge in [0, 0.05) is 23.6 Å². The maximum Gasteiger partial charge on any atom is 0.338 e. The van der Waals surface area contributed by atoms with Gasteiger partial charge in [0.15, 0.2) is 0 Å². The third kappa shape index (κ3) is 2.31. The van der Waals surface area contributed by atoms with Crippen LogP contribution in [0.1, 0.15) is 17.3 Å². The zero-order chi connectivity index (χ0) is 12.3. The summed E-state index contributed by atoms with van der Waals surface area (Å²) in [6.07, 6.45) is 1.90. The van der Waals surface area contributed by atoms with Gasteiger partial charge >= 0.3 is 5.97 Å². The fourth-order valence-electron chi connectivity index (χ4n) is 1.84. The molecule has 0 fully saturated rings. The molecular formula is C13H15NO3. The van der Waals surface area contributed by atoms with Crippen LogP contribution in [0, 0.1) is 0 Å². The van der Waals surface area contributed by atoms with E-state index < -0.39 is 0 Å². The molecule has 0 saturated carbocycles. The maximum absolute atomic E-state index is 11.6. The Morgan fingerprint density at radius 2 is 2.24 bits per heavy atom. The summed E-state index contributed by atoms with van der Waals surface area (Å²) in [5, 5.41) is 9.89. The van der Waals surface area contributed by atoms with Crippen LogP contribution in [-0.4, -0.2) is 28.9 Å². The first kappa shape index (κ1) is 11.7. The van der Waals surface area contributed by atoms with Gasteiger partial charge in [0.05, 0.1) is 18.8 Å². The standard InChI is InChI=1S/C13H15NO3/c1-2-17-13(16)11-3-4-12-10(9-11)5-6-14(12)7-8-15/h3-6,9,15H,2,7-8H2,1H3. The first-order valence-electron chi connectivity index (χ1n) is 5.63. The minimum Gasteiger partial charge on any atom is -0.462 e. The third-order valence-corrected chi connectivity index (χ3v) is 2.62. The molecule has 0 aliphatic carbocycles. The van der Waals surface area contributed by atoms with Crippen LogP contribution < -0.4 is 0 Å². The van der Waals surface area contributed by atoms with Crippen molar-refractivity contribution in [2.24, 2.45) is 0 Å². The van der Waals surface area contributed by atoms with Crippen molar-refractivity contribution < 1.29 is 14.6 Å². The van der Waals surface area contributed by atoms with Gasteiger partial charge < -0.3 is 14.4 Å². The third-order valence-electron chi connectivity index (χ3n) is 2.62. The second-order valence-corrected chi connectivity index (χ2v) is 3.73. The van der Waals surface area contributed by atoms with Gasteiger partial charge in [-0.3, -0.25) is 0 Å². The minimum absolute atomic E-state index is 0.101. The zero-order valence-corrected chi connectivity index (χ0v) is 9.72. The molecule has 1 aromatic heterocycles. The van der Waals surface area contributed by atoms with Gasteiger partial charge in [0.25, 0.3) is 0 Å². The lowest BCUT2D eigenvalue weighted by atomic mass is 10.1. The van der Waals surface area contributed by atoms with E-state index in [2.05, 4.69) is 0 Å². The highest BCUT2D eigenvalue weighted by Crippen LogP contribution is 2.18. The fourth-order valence-corrected chi connectivity index (χ4v) is 1.84. The van der Waals surface area contributed by atoms with Crippen molar-refractivity contribution in [1.29, 1.82) is 0 Å². The lowest BCUT2D eigenvalue weighted by Gasteiger charge is -2.04. The fraction of sp³-hybridized carbons (Fsp3) is 0.308. The Morgan fingerprint density at radius 3 is 2.94 bits per heavy atom. The smallest absolute Gasteiger partial charge is 0.338 e. The normalized spacial score (nSPS) is 10.7. The molecule has 17 heavy (non-hydrogen) atoms. The van der Waals surface area contributed by atoms with E-state index in [0.717, 1.165) is 10.9 Å². The first-order valence-corrected chi connectivity index (χ1v) is 5.63. The van der Waals surface area contributed by atoms with E-state index in [-0.39, 0.29) is 12.6 Å². The zero-order valence-electron chi connectivity index (χ0n) is 9.72. The number of rotatable bonds is 4. The summed E-state index contributed by atoms with van der Waals surface area (Å²) >= 11 is 0. The summed E-state index contributed by atoms with van der Waals surface area (Å²) in [5.41, 5.74) is 1.56. The number of benzene rings is 1. The molecule has 2 aromatic rings. The molecule has 0 unspecified atom stereocenters. The average Bonchev–Trinajstić information content (AvgIpc) is 2.73. The topological polar surface area (TPSA) is 51.5 Å². The van der Waals surface area contributed by atoms with E-state index in [9.17, 15) is 4.79 Å². The summed E-state index contributed by atoms with van der Waals surface area (Å²) in [7, 11) is 0. The van der Waals surface area contributed by atoms with E-state index in [1.807, 2.05) is 22.9 Å². The van der Waals surface area contributed by atoms with Gasteiger partial charge in [0.1, 0.15) is 0 Å². The molecule has 4 nitrogen and oxygen atoms in total. The maximum atomic E-state index is 11.6. The Hall–Kier alpha value is -1.81. The molecule has 1 heterocycles. The van der Waals surface area contributed by atoms with Crippen molar-refractivity contribution >= 4 is 16.9 Å². The number of hydrogen-bond acceptors (Lipinski definition) is 3. The molecule has 0 saturated heterocycles. The van der Waals surface area contributed by atoms with E-state index in [4.69, 9.17) is 9.84 Å². The number of esters is 1. The molecule has 1 aromatic carbocycles. The molecule has 2 rings (SSSR count). The van der Waals surface area contributed by atoms with Gasteiger partial charge in [-0.2, -0.15) is 0 Å². The minimum atomic E-state index is -0.302. The van der Waals surface area contributed by atoms with Crippen molar-refractivity contribution in [1.82, 2.24) is 4.57 Å². The summed E-state index contributed by atoms with van der Waals surface area (Å²) in [4.78, 5) is 11.6. The van der Waals surface area contributed by atoms with Crippen LogP contribution in [0.15, 0.2) is 30.5 Å². The quantitative estimate of drug-likeness (QED) is 0.819. The Bertz CT molecular complexity index is 530. The Balaban J connectivity index is 2.35. The van der Waals surface area contributed by atoms with E-state index in [0.29, 0.717) is 18.7 Å². The van der Waals surface area contributed by atoms with Crippen molar-refractivity contribution in [3.63, 3.8) is 0 Å². The molecule has 4 heteroatoms. The number of aliphatic hydroxyl groups is 1. The number of aromatic nitrogens is 1. The summed E-state index contributed by atoms with van der Waals surface area (Å²) < 4.78 is 6.89. The molecule has 0 radical (unpaired) electrons. The van der Waals surface area contributed by atoms with E-state index in [1.54, 1.807) is 19.1 Å². The van der Waals surface area contributed by atoms with Crippen molar-refractivity contribution in [2.75, 3.05) is 13.2 Å². The number of hydrogen-bond donors (Lipinski definition) is 1. The molecule has 0 aliphatic rings. The monoisotopic (exact) mass is 233 g/mol.